The third-order valence-corrected chi connectivity index (χ3v) is 3.33. The van der Waals surface area contributed by atoms with Crippen LogP contribution in [0, 0.1) is 17.0 Å². The highest BCUT2D eigenvalue weighted by Crippen LogP contribution is 2.27. The van der Waals surface area contributed by atoms with Crippen molar-refractivity contribution < 1.29 is 19.2 Å². The number of nitro groups is 1. The van der Waals surface area contributed by atoms with Crippen LogP contribution in [-0.4, -0.2) is 23.4 Å². The van der Waals surface area contributed by atoms with Crippen molar-refractivity contribution in [1.29, 1.82) is 0 Å². The van der Waals surface area contributed by atoms with Gasteiger partial charge in [0.2, 0.25) is 0 Å². The molecule has 24 heavy (non-hydrogen) atoms. The Bertz CT molecular complexity index is 807. The van der Waals surface area contributed by atoms with Gasteiger partial charge in [-0.2, -0.15) is 0 Å². The molecule has 0 unspecified atom stereocenters. The van der Waals surface area contributed by atoms with E-state index in [9.17, 15) is 19.7 Å². The van der Waals surface area contributed by atoms with E-state index in [0.29, 0.717) is 5.56 Å². The monoisotopic (exact) mass is 348 g/mol. The number of carbonyl (C=O) groups is 2. The molecule has 8 heteroatoms. The molecule has 0 spiro atoms. The average Bonchev–Trinajstić information content (AvgIpc) is 2.54. The lowest BCUT2D eigenvalue weighted by atomic mass is 10.1. The number of aryl methyl sites for hydroxylation is 1. The second-order valence-electron chi connectivity index (χ2n) is 4.92. The molecule has 0 aromatic heterocycles. The summed E-state index contributed by atoms with van der Waals surface area (Å²) in [6.07, 6.45) is 0. The van der Waals surface area contributed by atoms with Gasteiger partial charge in [-0.3, -0.25) is 14.9 Å². The van der Waals surface area contributed by atoms with Gasteiger partial charge in [0.25, 0.3) is 11.6 Å². The fourth-order valence-corrected chi connectivity index (χ4v) is 2.10. The number of halogens is 1. The number of amides is 1. The smallest absolute Gasteiger partial charge is 0.338 e. The summed E-state index contributed by atoms with van der Waals surface area (Å²) in [7, 11) is 0. The number of ether oxygens (including phenoxy) is 1. The van der Waals surface area contributed by atoms with Crippen LogP contribution >= 0.6 is 11.6 Å². The molecule has 7 nitrogen and oxygen atoms in total. The predicted molar refractivity (Wildman–Crippen MR) is 88.2 cm³/mol. The molecule has 0 bridgehead atoms. The van der Waals surface area contributed by atoms with Crippen molar-refractivity contribution in [3.05, 3.63) is 68.7 Å². The van der Waals surface area contributed by atoms with E-state index in [0.717, 1.165) is 11.6 Å². The number of carbonyl (C=O) groups excluding carboxylic acids is 2. The number of rotatable bonds is 5. The standard InChI is InChI=1S/C16H13ClN2O5/c1-10-3-2-4-11(7-10)16(21)24-9-15(20)18-12-5-6-13(17)14(8-12)19(22)23/h2-8H,9H2,1H3,(H,18,20). The van der Waals surface area contributed by atoms with E-state index in [-0.39, 0.29) is 16.4 Å². The number of hydrogen-bond donors (Lipinski definition) is 1. The first-order valence-electron chi connectivity index (χ1n) is 6.84. The molecular formula is C16H13ClN2O5. The van der Waals surface area contributed by atoms with Crippen LogP contribution in [0.1, 0.15) is 15.9 Å². The molecule has 1 amide bonds. The number of anilines is 1. The highest BCUT2D eigenvalue weighted by molar-refractivity contribution is 6.32. The van der Waals surface area contributed by atoms with Gasteiger partial charge in [0.05, 0.1) is 10.5 Å². The maximum atomic E-state index is 11.8. The van der Waals surface area contributed by atoms with Crippen LogP contribution in [0.25, 0.3) is 0 Å². The number of hydrogen-bond acceptors (Lipinski definition) is 5. The Morgan fingerprint density at radius 1 is 1.25 bits per heavy atom. The molecule has 0 aliphatic heterocycles. The van der Waals surface area contributed by atoms with Gasteiger partial charge in [0.1, 0.15) is 5.02 Å². The van der Waals surface area contributed by atoms with E-state index >= 15 is 0 Å². The van der Waals surface area contributed by atoms with Gasteiger partial charge in [-0.25, -0.2) is 4.79 Å². The first kappa shape index (κ1) is 17.4. The summed E-state index contributed by atoms with van der Waals surface area (Å²) in [6, 6.07) is 10.6. The summed E-state index contributed by atoms with van der Waals surface area (Å²) >= 11 is 5.69. The lowest BCUT2D eigenvalue weighted by Gasteiger charge is -2.07. The first-order valence-corrected chi connectivity index (χ1v) is 7.22. The highest BCUT2D eigenvalue weighted by Gasteiger charge is 2.15. The maximum absolute atomic E-state index is 11.8. The van der Waals surface area contributed by atoms with Crippen LogP contribution in [0.4, 0.5) is 11.4 Å². The molecule has 0 aliphatic carbocycles. The quantitative estimate of drug-likeness (QED) is 0.507. The minimum atomic E-state index is -0.657. The molecule has 0 fully saturated rings. The van der Waals surface area contributed by atoms with E-state index in [1.165, 1.54) is 12.1 Å². The Hall–Kier alpha value is -2.93. The molecular weight excluding hydrogens is 336 g/mol. The van der Waals surface area contributed by atoms with Gasteiger partial charge in [-0.1, -0.05) is 29.3 Å². The van der Waals surface area contributed by atoms with Crippen LogP contribution in [0.2, 0.25) is 5.02 Å². The minimum absolute atomic E-state index is 0.0381. The van der Waals surface area contributed by atoms with Gasteiger partial charge in [0.15, 0.2) is 6.61 Å². The molecule has 0 atom stereocenters. The number of nitrogens with one attached hydrogen (secondary N) is 1. The van der Waals surface area contributed by atoms with Crippen molar-refractivity contribution in [2.75, 3.05) is 11.9 Å². The van der Waals surface area contributed by atoms with E-state index in [1.54, 1.807) is 18.2 Å². The zero-order valence-electron chi connectivity index (χ0n) is 12.6. The topological polar surface area (TPSA) is 98.5 Å². The van der Waals surface area contributed by atoms with E-state index < -0.39 is 23.4 Å². The van der Waals surface area contributed by atoms with Crippen molar-refractivity contribution in [3.63, 3.8) is 0 Å². The largest absolute Gasteiger partial charge is 0.452 e. The van der Waals surface area contributed by atoms with Gasteiger partial charge < -0.3 is 10.1 Å². The molecule has 124 valence electrons. The summed E-state index contributed by atoms with van der Waals surface area (Å²) in [6.45, 7) is 1.32. The summed E-state index contributed by atoms with van der Waals surface area (Å²) in [5.41, 5.74) is 1.08. The maximum Gasteiger partial charge on any atom is 0.338 e. The fraction of sp³-hybridized carbons (Fsp3) is 0.125. The minimum Gasteiger partial charge on any atom is -0.452 e. The van der Waals surface area contributed by atoms with Crippen molar-refractivity contribution in [1.82, 2.24) is 0 Å². The van der Waals surface area contributed by atoms with Gasteiger partial charge in [-0.15, -0.1) is 0 Å². The SMILES string of the molecule is Cc1cccc(C(=O)OCC(=O)Nc2ccc(Cl)c([N+](=O)[O-])c2)c1. The molecule has 1 N–H and O–H groups in total. The Morgan fingerprint density at radius 3 is 2.67 bits per heavy atom. The summed E-state index contributed by atoms with van der Waals surface area (Å²) < 4.78 is 4.91. The summed E-state index contributed by atoms with van der Waals surface area (Å²) in [5, 5.41) is 13.2. The van der Waals surface area contributed by atoms with E-state index in [1.807, 2.05) is 13.0 Å². The van der Waals surface area contributed by atoms with Crippen LogP contribution in [-0.2, 0) is 9.53 Å². The second kappa shape index (κ2) is 7.56. The Morgan fingerprint density at radius 2 is 2.00 bits per heavy atom. The van der Waals surface area contributed by atoms with Crippen LogP contribution in [0.3, 0.4) is 0 Å². The zero-order valence-corrected chi connectivity index (χ0v) is 13.4. The molecule has 2 aromatic rings. The average molecular weight is 349 g/mol. The van der Waals surface area contributed by atoms with Gasteiger partial charge in [-0.05, 0) is 31.2 Å². The molecule has 0 heterocycles. The van der Waals surface area contributed by atoms with Crippen molar-refractivity contribution in [2.24, 2.45) is 0 Å². The molecule has 0 radical (unpaired) electrons. The van der Waals surface area contributed by atoms with Crippen LogP contribution < -0.4 is 5.32 Å². The Balaban J connectivity index is 1.95. The molecule has 2 rings (SSSR count). The molecule has 2 aromatic carbocycles. The fourth-order valence-electron chi connectivity index (χ4n) is 1.91. The van der Waals surface area contributed by atoms with Gasteiger partial charge >= 0.3 is 5.97 Å². The number of benzene rings is 2. The molecule has 0 saturated carbocycles. The lowest BCUT2D eigenvalue weighted by Crippen LogP contribution is -2.21. The second-order valence-corrected chi connectivity index (χ2v) is 5.32. The first-order chi connectivity index (χ1) is 11.4. The zero-order chi connectivity index (χ0) is 17.7. The third-order valence-electron chi connectivity index (χ3n) is 3.01. The predicted octanol–water partition coefficient (Wildman–Crippen LogP) is 3.35. The highest BCUT2D eigenvalue weighted by atomic mass is 35.5. The van der Waals surface area contributed by atoms with Crippen molar-refractivity contribution in [2.45, 2.75) is 6.92 Å². The van der Waals surface area contributed by atoms with Crippen LogP contribution in [0.15, 0.2) is 42.5 Å². The van der Waals surface area contributed by atoms with E-state index in [4.69, 9.17) is 16.3 Å². The summed E-state index contributed by atoms with van der Waals surface area (Å²) in [5.74, 6) is -1.25. The van der Waals surface area contributed by atoms with Crippen molar-refractivity contribution in [3.8, 4) is 0 Å². The molecule has 0 aliphatic rings. The normalized spacial score (nSPS) is 10.1. The number of esters is 1. The van der Waals surface area contributed by atoms with Crippen LogP contribution in [0.5, 0.6) is 0 Å². The third kappa shape index (κ3) is 4.53. The lowest BCUT2D eigenvalue weighted by molar-refractivity contribution is -0.384. The van der Waals surface area contributed by atoms with Crippen molar-refractivity contribution >= 4 is 34.9 Å². The summed E-state index contributed by atoms with van der Waals surface area (Å²) in [4.78, 5) is 33.8. The molecule has 0 saturated heterocycles. The van der Waals surface area contributed by atoms with Gasteiger partial charge in [0, 0.05) is 11.8 Å². The Labute approximate surface area is 142 Å². The number of nitrogens with zero attached hydrogens (tertiary/aromatic N) is 1. The van der Waals surface area contributed by atoms with E-state index in [2.05, 4.69) is 5.32 Å². The Kier molecular flexibility index (Phi) is 5.49. The number of nitro benzene ring substituents is 1.